The van der Waals surface area contributed by atoms with Gasteiger partial charge in [0.1, 0.15) is 5.82 Å². The molecule has 0 aliphatic heterocycles. The minimum absolute atomic E-state index is 0.115. The van der Waals surface area contributed by atoms with E-state index < -0.39 is 0 Å². The third kappa shape index (κ3) is 6.82. The number of carbonyl (C=O) groups is 1. The number of amides is 1. The largest absolute Gasteiger partial charge is 0.351 e. The maximum atomic E-state index is 13.6. The van der Waals surface area contributed by atoms with Crippen LogP contribution in [0, 0.1) is 12.7 Å². The fraction of sp³-hybridized carbons (Fsp3) is 0.318. The Morgan fingerprint density at radius 1 is 1.07 bits per heavy atom. The highest BCUT2D eigenvalue weighted by atomic mass is 32.2. The highest BCUT2D eigenvalue weighted by Gasteiger charge is 2.10. The first-order valence-electron chi connectivity index (χ1n) is 9.60. The van der Waals surface area contributed by atoms with Gasteiger partial charge in [-0.1, -0.05) is 85.1 Å². The van der Waals surface area contributed by atoms with Gasteiger partial charge >= 0.3 is 0 Å². The summed E-state index contributed by atoms with van der Waals surface area (Å²) in [6.07, 6.45) is 0. The zero-order valence-electron chi connectivity index (χ0n) is 17.1. The molecule has 0 spiro atoms. The molecule has 0 unspecified atom stereocenters. The Balaban J connectivity index is 1.41. The molecule has 3 aromatic rings. The molecule has 1 amide bonds. The van der Waals surface area contributed by atoms with E-state index in [4.69, 9.17) is 0 Å². The molecule has 8 heteroatoms. The van der Waals surface area contributed by atoms with Gasteiger partial charge in [0.25, 0.3) is 0 Å². The van der Waals surface area contributed by atoms with Crippen molar-refractivity contribution in [2.75, 3.05) is 5.75 Å². The molecule has 1 heterocycles. The van der Waals surface area contributed by atoms with Gasteiger partial charge in [-0.25, -0.2) is 4.39 Å². The van der Waals surface area contributed by atoms with Crippen LogP contribution < -0.4 is 5.32 Å². The summed E-state index contributed by atoms with van der Waals surface area (Å²) in [5.74, 6) is 1.25. The number of nitrogens with one attached hydrogen (secondary N) is 1. The predicted molar refractivity (Wildman–Crippen MR) is 124 cm³/mol. The molecular weight excluding hydrogens is 437 g/mol. The van der Waals surface area contributed by atoms with Crippen LogP contribution in [0.25, 0.3) is 0 Å². The van der Waals surface area contributed by atoms with E-state index >= 15 is 0 Å². The van der Waals surface area contributed by atoms with E-state index in [1.165, 1.54) is 40.3 Å². The van der Waals surface area contributed by atoms with Crippen LogP contribution in [0.2, 0.25) is 0 Å². The molecule has 0 atom stereocenters. The van der Waals surface area contributed by atoms with Gasteiger partial charge in [-0.2, -0.15) is 0 Å². The lowest BCUT2D eigenvalue weighted by Gasteiger charge is -2.06. The Hall–Kier alpha value is -1.90. The van der Waals surface area contributed by atoms with E-state index in [1.54, 1.807) is 24.8 Å². The number of nitrogens with zero attached hydrogens (tertiary/aromatic N) is 2. The highest BCUT2D eigenvalue weighted by Crippen LogP contribution is 2.31. The molecule has 158 valence electrons. The number of benzene rings is 2. The van der Waals surface area contributed by atoms with Gasteiger partial charge in [-0.05, 0) is 41.2 Å². The average molecular weight is 462 g/mol. The monoisotopic (exact) mass is 461 g/mol. The Morgan fingerprint density at radius 2 is 1.73 bits per heavy atom. The van der Waals surface area contributed by atoms with E-state index in [-0.39, 0.29) is 17.5 Å². The van der Waals surface area contributed by atoms with Gasteiger partial charge in [-0.3, -0.25) is 4.79 Å². The molecule has 0 radical (unpaired) electrons. The van der Waals surface area contributed by atoms with Gasteiger partial charge in [0.05, 0.1) is 5.75 Å². The summed E-state index contributed by atoms with van der Waals surface area (Å²) in [6, 6.07) is 13.6. The lowest BCUT2D eigenvalue weighted by molar-refractivity contribution is -0.118. The first-order valence-corrected chi connectivity index (χ1v) is 12.4. The van der Waals surface area contributed by atoms with Crippen molar-refractivity contribution < 1.29 is 9.18 Å². The normalized spacial score (nSPS) is 11.1. The first kappa shape index (κ1) is 22.8. The van der Waals surface area contributed by atoms with Crippen molar-refractivity contribution >= 4 is 40.8 Å². The van der Waals surface area contributed by atoms with Crippen LogP contribution >= 0.6 is 34.9 Å². The van der Waals surface area contributed by atoms with Crippen LogP contribution in [-0.4, -0.2) is 21.9 Å². The van der Waals surface area contributed by atoms with Crippen molar-refractivity contribution in [3.63, 3.8) is 0 Å². The summed E-state index contributed by atoms with van der Waals surface area (Å²) in [5.41, 5.74) is 3.93. The van der Waals surface area contributed by atoms with Crippen molar-refractivity contribution in [3.8, 4) is 0 Å². The summed E-state index contributed by atoms with van der Waals surface area (Å²) in [7, 11) is 0. The zero-order valence-corrected chi connectivity index (χ0v) is 19.6. The minimum Gasteiger partial charge on any atom is -0.351 e. The summed E-state index contributed by atoms with van der Waals surface area (Å²) < 4.78 is 15.2. The second kappa shape index (κ2) is 10.9. The van der Waals surface area contributed by atoms with Gasteiger partial charge in [0.2, 0.25) is 5.91 Å². The van der Waals surface area contributed by atoms with Gasteiger partial charge < -0.3 is 5.32 Å². The number of carbonyl (C=O) groups excluding carboxylic acids is 1. The first-order chi connectivity index (χ1) is 14.4. The number of halogens is 1. The van der Waals surface area contributed by atoms with E-state index in [9.17, 15) is 9.18 Å². The highest BCUT2D eigenvalue weighted by molar-refractivity contribution is 8.03. The number of thioether (sulfide) groups is 2. The maximum Gasteiger partial charge on any atom is 0.230 e. The average Bonchev–Trinajstić information content (AvgIpc) is 3.20. The molecule has 4 nitrogen and oxygen atoms in total. The predicted octanol–water partition coefficient (Wildman–Crippen LogP) is 5.81. The Bertz CT molecular complexity index is 990. The smallest absolute Gasteiger partial charge is 0.230 e. The van der Waals surface area contributed by atoms with E-state index in [2.05, 4.69) is 53.6 Å². The van der Waals surface area contributed by atoms with Crippen molar-refractivity contribution in [2.45, 2.75) is 47.7 Å². The van der Waals surface area contributed by atoms with Gasteiger partial charge in [-0.15, -0.1) is 10.2 Å². The fourth-order valence-corrected chi connectivity index (χ4v) is 5.39. The van der Waals surface area contributed by atoms with Crippen molar-refractivity contribution in [1.82, 2.24) is 15.5 Å². The van der Waals surface area contributed by atoms with Crippen LogP contribution in [0.5, 0.6) is 0 Å². The topological polar surface area (TPSA) is 54.9 Å². The van der Waals surface area contributed by atoms with Crippen LogP contribution in [-0.2, 0) is 17.1 Å². The molecule has 2 aromatic carbocycles. The number of aromatic nitrogens is 2. The number of hydrogen-bond donors (Lipinski definition) is 1. The number of rotatable bonds is 9. The third-order valence-electron chi connectivity index (χ3n) is 4.45. The molecule has 3 rings (SSSR count). The van der Waals surface area contributed by atoms with E-state index in [1.807, 2.05) is 6.07 Å². The molecule has 0 aliphatic rings. The molecule has 0 saturated heterocycles. The van der Waals surface area contributed by atoms with Crippen LogP contribution in [0.15, 0.2) is 51.1 Å². The summed E-state index contributed by atoms with van der Waals surface area (Å²) in [4.78, 5) is 12.1. The Kier molecular flexibility index (Phi) is 8.30. The van der Waals surface area contributed by atoms with Crippen LogP contribution in [0.4, 0.5) is 4.39 Å². The molecule has 30 heavy (non-hydrogen) atoms. The second-order valence-electron chi connectivity index (χ2n) is 7.17. The Morgan fingerprint density at radius 3 is 2.40 bits per heavy atom. The summed E-state index contributed by atoms with van der Waals surface area (Å²) in [5, 5.41) is 11.2. The molecule has 1 N–H and O–H groups in total. The van der Waals surface area contributed by atoms with Crippen molar-refractivity contribution in [2.24, 2.45) is 0 Å². The molecule has 0 aliphatic carbocycles. The third-order valence-corrected chi connectivity index (χ3v) is 7.71. The SMILES string of the molecule is Cc1ccc(CNC(=O)CSc2nnc(SCc3ccc(C(C)C)cc3)s2)cc1F. The standard InChI is InChI=1S/C22H24FN3OS3/c1-14(2)18-8-6-16(7-9-18)12-28-21-25-26-22(30-21)29-13-20(27)24-11-17-5-4-15(3)19(23)10-17/h4-10,14H,11-13H2,1-3H3,(H,24,27). The Labute approximate surface area is 189 Å². The molecule has 0 saturated carbocycles. The van der Waals surface area contributed by atoms with Crippen molar-refractivity contribution in [1.29, 1.82) is 0 Å². The molecule has 1 aromatic heterocycles. The number of aryl methyl sites for hydroxylation is 1. The maximum absolute atomic E-state index is 13.6. The van der Waals surface area contributed by atoms with Gasteiger partial charge in [0.15, 0.2) is 8.68 Å². The fourth-order valence-electron chi connectivity index (χ4n) is 2.58. The van der Waals surface area contributed by atoms with E-state index in [0.717, 1.165) is 20.0 Å². The summed E-state index contributed by atoms with van der Waals surface area (Å²) >= 11 is 4.51. The van der Waals surface area contributed by atoms with Gasteiger partial charge in [0, 0.05) is 12.3 Å². The summed E-state index contributed by atoms with van der Waals surface area (Å²) in [6.45, 7) is 6.40. The second-order valence-corrected chi connectivity index (χ2v) is 10.6. The molecule has 0 fully saturated rings. The molecular formula is C22H24FN3OS3. The molecule has 0 bridgehead atoms. The number of hydrogen-bond acceptors (Lipinski definition) is 6. The quantitative estimate of drug-likeness (QED) is 0.408. The van der Waals surface area contributed by atoms with E-state index in [0.29, 0.717) is 18.0 Å². The lowest BCUT2D eigenvalue weighted by atomic mass is 10.0. The lowest BCUT2D eigenvalue weighted by Crippen LogP contribution is -2.24. The van der Waals surface area contributed by atoms with Crippen molar-refractivity contribution in [3.05, 3.63) is 70.5 Å². The zero-order chi connectivity index (χ0) is 21.5. The minimum atomic E-state index is -0.258. The van der Waals surface area contributed by atoms with Crippen LogP contribution in [0.1, 0.15) is 42.0 Å². The van der Waals surface area contributed by atoms with Crippen LogP contribution in [0.3, 0.4) is 0 Å².